The van der Waals surface area contributed by atoms with E-state index in [0.29, 0.717) is 0 Å². The molecule has 2 unspecified atom stereocenters. The predicted molar refractivity (Wildman–Crippen MR) is 61.0 cm³/mol. The van der Waals surface area contributed by atoms with Gasteiger partial charge in [-0.05, 0) is 25.1 Å². The third-order valence-electron chi connectivity index (χ3n) is 2.18. The molecule has 0 aliphatic carbocycles. The molecule has 0 saturated heterocycles. The number of hydrogen-bond acceptors (Lipinski definition) is 4. The minimum atomic E-state index is -1.49. The largest absolute Gasteiger partial charge is 0.465 e. The molecule has 6 heteroatoms. The number of rotatable bonds is 4. The first-order chi connectivity index (χ1) is 7.97. The lowest BCUT2D eigenvalue weighted by Crippen LogP contribution is -2.38. The van der Waals surface area contributed by atoms with Gasteiger partial charge in [-0.2, -0.15) is 0 Å². The van der Waals surface area contributed by atoms with Crippen molar-refractivity contribution in [3.8, 4) is 0 Å². The number of halogens is 2. The van der Waals surface area contributed by atoms with E-state index in [1.165, 1.54) is 12.1 Å². The molecule has 1 aromatic carbocycles. The molecule has 0 aromatic heterocycles. The Balaban J connectivity index is 2.91. The van der Waals surface area contributed by atoms with Crippen molar-refractivity contribution >= 4 is 17.6 Å². The van der Waals surface area contributed by atoms with Crippen LogP contribution in [0.3, 0.4) is 0 Å². The zero-order chi connectivity index (χ0) is 13.0. The number of hydrogen-bond donors (Lipinski definition) is 2. The zero-order valence-electron chi connectivity index (χ0n) is 9.19. The zero-order valence-corrected chi connectivity index (χ0v) is 9.95. The smallest absolute Gasteiger partial charge is 0.325 e. The van der Waals surface area contributed by atoms with Crippen molar-refractivity contribution < 1.29 is 19.0 Å². The second-order valence-electron chi connectivity index (χ2n) is 3.39. The molecule has 3 N–H and O–H groups in total. The van der Waals surface area contributed by atoms with Crippen LogP contribution in [-0.2, 0) is 9.53 Å². The Labute approximate surface area is 103 Å². The summed E-state index contributed by atoms with van der Waals surface area (Å²) >= 11 is 5.67. The van der Waals surface area contributed by atoms with Crippen LogP contribution in [0.2, 0.25) is 5.02 Å². The molecule has 0 saturated carbocycles. The fraction of sp³-hybridized carbons (Fsp3) is 0.364. The second kappa shape index (κ2) is 5.95. The van der Waals surface area contributed by atoms with Gasteiger partial charge in [0.1, 0.15) is 18.0 Å². The average molecular weight is 262 g/mol. The molecule has 17 heavy (non-hydrogen) atoms. The van der Waals surface area contributed by atoms with Crippen molar-refractivity contribution in [1.29, 1.82) is 0 Å². The van der Waals surface area contributed by atoms with Crippen LogP contribution in [0.4, 0.5) is 4.39 Å². The molecule has 2 atom stereocenters. The maximum absolute atomic E-state index is 13.4. The van der Waals surface area contributed by atoms with Crippen molar-refractivity contribution in [3.05, 3.63) is 34.6 Å². The summed E-state index contributed by atoms with van der Waals surface area (Å²) in [6, 6.07) is 2.31. The van der Waals surface area contributed by atoms with E-state index in [1.54, 1.807) is 6.92 Å². The van der Waals surface area contributed by atoms with Gasteiger partial charge in [0.2, 0.25) is 0 Å². The van der Waals surface area contributed by atoms with E-state index in [4.69, 9.17) is 17.3 Å². The van der Waals surface area contributed by atoms with E-state index in [0.717, 1.165) is 6.07 Å². The highest BCUT2D eigenvalue weighted by molar-refractivity contribution is 6.30. The first-order valence-corrected chi connectivity index (χ1v) is 5.40. The third-order valence-corrected chi connectivity index (χ3v) is 2.41. The van der Waals surface area contributed by atoms with Gasteiger partial charge in [0, 0.05) is 10.6 Å². The van der Waals surface area contributed by atoms with Gasteiger partial charge in [0.25, 0.3) is 0 Å². The molecule has 4 nitrogen and oxygen atoms in total. The van der Waals surface area contributed by atoms with Crippen molar-refractivity contribution in [2.75, 3.05) is 6.61 Å². The Morgan fingerprint density at radius 2 is 2.29 bits per heavy atom. The number of aliphatic hydroxyl groups excluding tert-OH is 1. The Hall–Kier alpha value is -1.17. The number of nitrogens with two attached hydrogens (primary N) is 1. The van der Waals surface area contributed by atoms with Gasteiger partial charge in [0.15, 0.2) is 0 Å². The Morgan fingerprint density at radius 1 is 1.65 bits per heavy atom. The third kappa shape index (κ3) is 3.39. The van der Waals surface area contributed by atoms with Gasteiger partial charge < -0.3 is 15.6 Å². The molecule has 0 spiro atoms. The molecule has 0 aliphatic rings. The normalized spacial score (nSPS) is 14.2. The Kier molecular flexibility index (Phi) is 4.86. The van der Waals surface area contributed by atoms with Crippen molar-refractivity contribution in [2.24, 2.45) is 5.73 Å². The topological polar surface area (TPSA) is 72.5 Å². The molecule has 94 valence electrons. The SMILES string of the molecule is CCOC(=O)C(N)C(O)c1cc(Cl)ccc1F. The summed E-state index contributed by atoms with van der Waals surface area (Å²) in [7, 11) is 0. The lowest BCUT2D eigenvalue weighted by Gasteiger charge is -2.18. The van der Waals surface area contributed by atoms with E-state index in [1.807, 2.05) is 0 Å². The summed E-state index contributed by atoms with van der Waals surface area (Å²) < 4.78 is 18.0. The quantitative estimate of drug-likeness (QED) is 0.804. The van der Waals surface area contributed by atoms with Crippen LogP contribution in [0.25, 0.3) is 0 Å². The molecule has 0 heterocycles. The van der Waals surface area contributed by atoms with Gasteiger partial charge in [-0.1, -0.05) is 11.6 Å². The van der Waals surface area contributed by atoms with Gasteiger partial charge in [-0.15, -0.1) is 0 Å². The predicted octanol–water partition coefficient (Wildman–Crippen LogP) is 1.40. The van der Waals surface area contributed by atoms with Crippen molar-refractivity contribution in [1.82, 2.24) is 0 Å². The maximum Gasteiger partial charge on any atom is 0.325 e. The van der Waals surface area contributed by atoms with Gasteiger partial charge in [0.05, 0.1) is 6.61 Å². The average Bonchev–Trinajstić information content (AvgIpc) is 2.30. The van der Waals surface area contributed by atoms with Crippen LogP contribution in [0, 0.1) is 5.82 Å². The number of aliphatic hydroxyl groups is 1. The molecule has 0 fully saturated rings. The van der Waals surface area contributed by atoms with Gasteiger partial charge in [-0.3, -0.25) is 4.79 Å². The lowest BCUT2D eigenvalue weighted by molar-refractivity contribution is -0.147. The van der Waals surface area contributed by atoms with Crippen LogP contribution in [0.5, 0.6) is 0 Å². The van der Waals surface area contributed by atoms with Crippen LogP contribution < -0.4 is 5.73 Å². The first kappa shape index (κ1) is 13.9. The van der Waals surface area contributed by atoms with E-state index in [9.17, 15) is 14.3 Å². The van der Waals surface area contributed by atoms with Crippen molar-refractivity contribution in [3.63, 3.8) is 0 Å². The van der Waals surface area contributed by atoms with Crippen LogP contribution >= 0.6 is 11.6 Å². The maximum atomic E-state index is 13.4. The van der Waals surface area contributed by atoms with E-state index in [-0.39, 0.29) is 17.2 Å². The first-order valence-electron chi connectivity index (χ1n) is 5.02. The van der Waals surface area contributed by atoms with Crippen molar-refractivity contribution in [2.45, 2.75) is 19.1 Å². The number of carbonyl (C=O) groups excluding carboxylic acids is 1. The Bertz CT molecular complexity index is 414. The molecule has 0 amide bonds. The van der Waals surface area contributed by atoms with Gasteiger partial charge >= 0.3 is 5.97 Å². The van der Waals surface area contributed by atoms with Gasteiger partial charge in [-0.25, -0.2) is 4.39 Å². The highest BCUT2D eigenvalue weighted by Crippen LogP contribution is 2.23. The molecular weight excluding hydrogens is 249 g/mol. The highest BCUT2D eigenvalue weighted by Gasteiger charge is 2.27. The summed E-state index contributed by atoms with van der Waals surface area (Å²) in [5.74, 6) is -1.47. The molecular formula is C11H13ClFNO3. The van der Waals surface area contributed by atoms with E-state index in [2.05, 4.69) is 4.74 Å². The molecule has 1 aromatic rings. The fourth-order valence-corrected chi connectivity index (χ4v) is 1.48. The number of carbonyl (C=O) groups is 1. The standard InChI is InChI=1S/C11H13ClFNO3/c1-2-17-11(16)9(14)10(15)7-5-6(12)3-4-8(7)13/h3-5,9-10,15H,2,14H2,1H3. The number of esters is 1. The van der Waals surface area contributed by atoms with E-state index >= 15 is 0 Å². The monoisotopic (exact) mass is 261 g/mol. The number of ether oxygens (including phenoxy) is 1. The summed E-state index contributed by atoms with van der Waals surface area (Å²) in [5, 5.41) is 10.0. The molecule has 0 aliphatic heterocycles. The lowest BCUT2D eigenvalue weighted by atomic mass is 10.0. The molecule has 1 rings (SSSR count). The van der Waals surface area contributed by atoms with Crippen LogP contribution in [0.1, 0.15) is 18.6 Å². The minimum Gasteiger partial charge on any atom is -0.465 e. The number of benzene rings is 1. The summed E-state index contributed by atoms with van der Waals surface area (Å²) in [6.07, 6.45) is -1.49. The van der Waals surface area contributed by atoms with Crippen LogP contribution in [0.15, 0.2) is 18.2 Å². The van der Waals surface area contributed by atoms with E-state index < -0.39 is 23.9 Å². The molecule has 0 bridgehead atoms. The summed E-state index contributed by atoms with van der Waals surface area (Å²) in [6.45, 7) is 1.74. The Morgan fingerprint density at radius 3 is 2.88 bits per heavy atom. The van der Waals surface area contributed by atoms with Crippen LogP contribution in [-0.4, -0.2) is 23.7 Å². The highest BCUT2D eigenvalue weighted by atomic mass is 35.5. The fourth-order valence-electron chi connectivity index (χ4n) is 1.30. The molecule has 0 radical (unpaired) electrons. The second-order valence-corrected chi connectivity index (χ2v) is 3.82. The minimum absolute atomic E-state index is 0.127. The summed E-state index contributed by atoms with van der Waals surface area (Å²) in [4.78, 5) is 11.3. The summed E-state index contributed by atoms with van der Waals surface area (Å²) in [5.41, 5.74) is 5.34.